The van der Waals surface area contributed by atoms with E-state index in [1.807, 2.05) is 12.1 Å². The van der Waals surface area contributed by atoms with Gasteiger partial charge in [0.15, 0.2) is 0 Å². The molecule has 2 aliphatic carbocycles. The van der Waals surface area contributed by atoms with Gasteiger partial charge in [0, 0.05) is 0 Å². The van der Waals surface area contributed by atoms with Crippen LogP contribution in [0.1, 0.15) is 37.1 Å². The molecule has 2 aromatic carbocycles. The summed E-state index contributed by atoms with van der Waals surface area (Å²) in [6.07, 6.45) is 8.77. The number of allylic oxidation sites excluding steroid dienone is 5. The molecular weight excluding hydrogens is 475 g/mol. The van der Waals surface area contributed by atoms with Crippen LogP contribution in [-0.4, -0.2) is 36.0 Å². The Hall–Kier alpha value is -3.53. The van der Waals surface area contributed by atoms with Crippen LogP contribution in [-0.2, 0) is 13.1 Å². The molecule has 0 fully saturated rings. The number of Topliss-reactive ketones (excluding diaryl/α,β-unsaturated/α-hetero) is 2. The minimum atomic E-state index is -0.161. The summed E-state index contributed by atoms with van der Waals surface area (Å²) in [7, 11) is 0. The molecule has 7 rings (SSSR count). The van der Waals surface area contributed by atoms with Crippen LogP contribution in [0.5, 0.6) is 0 Å². The van der Waals surface area contributed by atoms with Crippen LogP contribution < -0.4 is 0 Å². The van der Waals surface area contributed by atoms with Gasteiger partial charge >= 0.3 is 197 Å². The Bertz CT molecular complexity index is 1600. The van der Waals surface area contributed by atoms with Crippen LogP contribution in [0.25, 0.3) is 20.5 Å². The molecule has 0 spiro atoms. The zero-order chi connectivity index (χ0) is 22.1. The van der Waals surface area contributed by atoms with E-state index in [1.54, 1.807) is 34.8 Å². The molecule has 0 saturated carbocycles. The third-order valence-corrected chi connectivity index (χ3v) is 9.47. The van der Waals surface area contributed by atoms with Crippen LogP contribution in [0.15, 0.2) is 89.8 Å². The third kappa shape index (κ3) is 2.80. The Morgan fingerprint density at radius 1 is 0.879 bits per heavy atom. The molecule has 1 aliphatic heterocycles. The Morgan fingerprint density at radius 3 is 2.45 bits per heavy atom. The predicted molar refractivity (Wildman–Crippen MR) is 129 cm³/mol. The van der Waals surface area contributed by atoms with Gasteiger partial charge in [0.1, 0.15) is 0 Å². The number of rotatable bonds is 2. The number of para-hydroxylation sites is 1. The first kappa shape index (κ1) is 19.0. The molecule has 33 heavy (non-hydrogen) atoms. The topological polar surface area (TPSA) is 50.3 Å². The Kier molecular flexibility index (Phi) is 4.02. The van der Waals surface area contributed by atoms with E-state index in [9.17, 15) is 9.59 Å². The summed E-state index contributed by atoms with van der Waals surface area (Å²) >= 11 is 0.327. The van der Waals surface area contributed by atoms with E-state index in [-0.39, 0.29) is 17.1 Å². The van der Waals surface area contributed by atoms with Crippen LogP contribution in [0.2, 0.25) is 0 Å². The van der Waals surface area contributed by atoms with Crippen LogP contribution in [0.3, 0.4) is 0 Å². The van der Waals surface area contributed by atoms with E-state index >= 15 is 0 Å². The molecule has 0 radical (unpaired) electrons. The molecule has 158 valence electrons. The standard InChI is InChI=1S/C28H18N2O2Se/c31-26-18-5-1-2-6-19(18)27(32)21(26)12-16-9-10-17(11-16)30-14-23-22-13-29-24-8-4-3-7-20(24)28(22)33-25(23)15-30/h1-10,12-13H,11,14-15H2. The van der Waals surface area contributed by atoms with Crippen molar-refractivity contribution in [2.45, 2.75) is 19.5 Å². The maximum absolute atomic E-state index is 12.7. The maximum atomic E-state index is 12.7. The average molecular weight is 493 g/mol. The third-order valence-electron chi connectivity index (χ3n) is 6.81. The molecule has 0 N–H and O–H groups in total. The number of ketones is 2. The van der Waals surface area contributed by atoms with Gasteiger partial charge < -0.3 is 0 Å². The first-order valence-electron chi connectivity index (χ1n) is 11.0. The second-order valence-electron chi connectivity index (χ2n) is 8.72. The number of hydrogen-bond donors (Lipinski definition) is 0. The van der Waals surface area contributed by atoms with Crippen molar-refractivity contribution in [1.82, 2.24) is 9.88 Å². The van der Waals surface area contributed by atoms with Crippen LogP contribution >= 0.6 is 0 Å². The summed E-state index contributed by atoms with van der Waals surface area (Å²) < 4.78 is 3.01. The summed E-state index contributed by atoms with van der Waals surface area (Å²) in [5.41, 5.74) is 6.10. The van der Waals surface area contributed by atoms with E-state index < -0.39 is 0 Å². The number of carbonyl (C=O) groups excluding carboxylic acids is 2. The van der Waals surface area contributed by atoms with Crippen LogP contribution in [0, 0.1) is 0 Å². The van der Waals surface area contributed by atoms with Gasteiger partial charge in [0.05, 0.1) is 0 Å². The van der Waals surface area contributed by atoms with E-state index in [4.69, 9.17) is 4.98 Å². The zero-order valence-electron chi connectivity index (χ0n) is 17.7. The number of aromatic nitrogens is 1. The first-order valence-corrected chi connectivity index (χ1v) is 12.7. The molecule has 3 aliphatic rings. The van der Waals surface area contributed by atoms with Crippen molar-refractivity contribution in [1.29, 1.82) is 0 Å². The minimum absolute atomic E-state index is 0.161. The van der Waals surface area contributed by atoms with Crippen molar-refractivity contribution < 1.29 is 9.59 Å². The molecule has 3 heterocycles. The molecule has 0 saturated heterocycles. The van der Waals surface area contributed by atoms with Crippen LogP contribution in [0.4, 0.5) is 0 Å². The number of nitrogens with zero attached hydrogens (tertiary/aromatic N) is 2. The number of pyridine rings is 1. The molecular formula is C28H18N2O2Se. The van der Waals surface area contributed by atoms with Gasteiger partial charge in [-0.15, -0.1) is 0 Å². The average Bonchev–Trinajstić information content (AvgIpc) is 3.59. The van der Waals surface area contributed by atoms with E-state index in [2.05, 4.69) is 35.4 Å². The first-order chi connectivity index (χ1) is 16.2. The predicted octanol–water partition coefficient (Wildman–Crippen LogP) is 4.98. The van der Waals surface area contributed by atoms with Crippen molar-refractivity contribution in [3.8, 4) is 0 Å². The fourth-order valence-electron chi connectivity index (χ4n) is 5.14. The van der Waals surface area contributed by atoms with Gasteiger partial charge in [-0.05, 0) is 0 Å². The van der Waals surface area contributed by atoms with Crippen molar-refractivity contribution in [2.24, 2.45) is 0 Å². The number of carbonyl (C=O) groups is 2. The van der Waals surface area contributed by atoms with Gasteiger partial charge in [0.2, 0.25) is 0 Å². The number of benzene rings is 2. The Balaban J connectivity index is 1.12. The monoisotopic (exact) mass is 494 g/mol. The molecule has 0 amide bonds. The van der Waals surface area contributed by atoms with Gasteiger partial charge in [-0.25, -0.2) is 0 Å². The second-order valence-corrected chi connectivity index (χ2v) is 11.0. The van der Waals surface area contributed by atoms with E-state index in [1.165, 1.54) is 26.3 Å². The molecule has 4 nitrogen and oxygen atoms in total. The zero-order valence-corrected chi connectivity index (χ0v) is 19.4. The van der Waals surface area contributed by atoms with Gasteiger partial charge in [0.25, 0.3) is 0 Å². The summed E-state index contributed by atoms with van der Waals surface area (Å²) in [6, 6.07) is 15.5. The normalized spacial score (nSPS) is 17.1. The summed E-state index contributed by atoms with van der Waals surface area (Å²) in [6.45, 7) is 1.85. The molecule has 2 aromatic heterocycles. The fraction of sp³-hybridized carbons (Fsp3) is 0.107. The SMILES string of the molecule is O=C1C(=CC2=CC=C(N3Cc4[se]c5c(cnc6ccccc65)c4C3)C2)C(=O)c2ccccc21. The van der Waals surface area contributed by atoms with Gasteiger partial charge in [-0.1, -0.05) is 0 Å². The molecule has 5 heteroatoms. The van der Waals surface area contributed by atoms with E-state index in [0.29, 0.717) is 25.6 Å². The Labute approximate surface area is 196 Å². The summed E-state index contributed by atoms with van der Waals surface area (Å²) in [4.78, 5) is 32.6. The van der Waals surface area contributed by atoms with Crippen molar-refractivity contribution in [3.05, 3.63) is 111 Å². The van der Waals surface area contributed by atoms with Crippen molar-refractivity contribution in [3.63, 3.8) is 0 Å². The Morgan fingerprint density at radius 2 is 1.64 bits per heavy atom. The van der Waals surface area contributed by atoms with Gasteiger partial charge in [-0.2, -0.15) is 0 Å². The van der Waals surface area contributed by atoms with E-state index in [0.717, 1.165) is 30.6 Å². The number of fused-ring (bicyclic) bond motifs is 6. The molecule has 0 bridgehead atoms. The second kappa shape index (κ2) is 6.98. The molecule has 4 aromatic rings. The quantitative estimate of drug-likeness (QED) is 0.225. The fourth-order valence-corrected chi connectivity index (χ4v) is 7.93. The van der Waals surface area contributed by atoms with Gasteiger partial charge in [-0.3, -0.25) is 0 Å². The number of hydrogen-bond acceptors (Lipinski definition) is 4. The molecule has 0 unspecified atom stereocenters. The van der Waals surface area contributed by atoms with Crippen molar-refractivity contribution >= 4 is 46.6 Å². The molecule has 0 atom stereocenters. The summed E-state index contributed by atoms with van der Waals surface area (Å²) in [5, 5.41) is 2.61. The summed E-state index contributed by atoms with van der Waals surface area (Å²) in [5.74, 6) is -0.323. The van der Waals surface area contributed by atoms with Crippen molar-refractivity contribution in [2.75, 3.05) is 0 Å².